The Kier molecular flexibility index (Phi) is 43.7. The molecule has 0 bridgehead atoms. The fourth-order valence-electron chi connectivity index (χ4n) is 1.04. The van der Waals surface area contributed by atoms with Crippen LogP contribution >= 0.6 is 37.9 Å². The largest absolute Gasteiger partial charge is 0.388 e. The predicted octanol–water partition coefficient (Wildman–Crippen LogP) is -1.38. The Hall–Kier alpha value is 0.370. The van der Waals surface area contributed by atoms with E-state index in [0.717, 1.165) is 0 Å². The van der Waals surface area contributed by atoms with E-state index in [2.05, 4.69) is 18.1 Å². The van der Waals surface area contributed by atoms with E-state index in [1.54, 1.807) is 0 Å². The Morgan fingerprint density at radius 3 is 1.58 bits per heavy atom. The van der Waals surface area contributed by atoms with Crippen molar-refractivity contribution < 1.29 is 58.0 Å². The standard InChI is InChI=1S/C6H14O6P2.2C3H7O3P.C2H6.CH4/c7-3(1-11-13)5(9)6(10)4(8)2-12-14;2*4-1-3(5)2-6-7;1-2;/h3,5-7,9-10H,1-2,13-14H2;4H,1-2,7H2;1,3,5H,2,7H2;1-2H3;1H4/t3-,5?,6?;;;;/m1..../s1. The molecule has 0 aromatic heterocycles. The summed E-state index contributed by atoms with van der Waals surface area (Å²) in [7, 11) is 7.58. The summed E-state index contributed by atoms with van der Waals surface area (Å²) in [6, 6.07) is 0. The fourth-order valence-corrected chi connectivity index (χ4v) is 1.79. The van der Waals surface area contributed by atoms with E-state index < -0.39 is 36.8 Å². The maximum absolute atomic E-state index is 11.0. The summed E-state index contributed by atoms with van der Waals surface area (Å²) >= 11 is 0. The van der Waals surface area contributed by atoms with E-state index in [-0.39, 0.29) is 39.6 Å². The lowest BCUT2D eigenvalue weighted by Crippen LogP contribution is -2.44. The Bertz CT molecular complexity index is 406. The molecule has 0 amide bonds. The molecule has 0 heterocycles. The normalized spacial score (nSPS) is 13.1. The van der Waals surface area contributed by atoms with Crippen LogP contribution in [0.1, 0.15) is 21.3 Å². The van der Waals surface area contributed by atoms with Crippen LogP contribution in [0.4, 0.5) is 0 Å². The Labute approximate surface area is 192 Å². The predicted molar refractivity (Wildman–Crippen MR) is 128 cm³/mol. The maximum atomic E-state index is 11.0. The minimum absolute atomic E-state index is 0. The van der Waals surface area contributed by atoms with Gasteiger partial charge in [-0.15, -0.1) is 0 Å². The SMILES string of the molecule is C.CC.O=C(CO)COP.O=C(COP)C(O)C(O)[C@H](O)COP.O=CC(O)COP. The first-order chi connectivity index (χ1) is 14.2. The second-order valence-corrected chi connectivity index (χ2v) is 5.99. The minimum atomic E-state index is -1.68. The van der Waals surface area contributed by atoms with E-state index in [1.165, 1.54) is 0 Å². The molecule has 16 heteroatoms. The number of carbonyl (C=O) groups is 3. The smallest absolute Gasteiger partial charge is 0.189 e. The second kappa shape index (κ2) is 32.5. The summed E-state index contributed by atoms with van der Waals surface area (Å²) in [5.41, 5.74) is 0. The first-order valence-corrected chi connectivity index (χ1v) is 10.1. The quantitative estimate of drug-likeness (QED) is 0.138. The van der Waals surface area contributed by atoms with Crippen LogP contribution in [-0.2, 0) is 32.5 Å². The van der Waals surface area contributed by atoms with Gasteiger partial charge in [-0.1, -0.05) is 21.3 Å². The van der Waals surface area contributed by atoms with Gasteiger partial charge in [0.25, 0.3) is 0 Å². The molecule has 0 fully saturated rings. The number of rotatable bonds is 13. The van der Waals surface area contributed by atoms with Crippen molar-refractivity contribution in [2.24, 2.45) is 0 Å². The van der Waals surface area contributed by atoms with Gasteiger partial charge in [-0.3, -0.25) is 9.59 Å². The van der Waals surface area contributed by atoms with Crippen LogP contribution < -0.4 is 0 Å². The molecule has 0 saturated heterocycles. The molecule has 0 aromatic carbocycles. The Morgan fingerprint density at radius 1 is 0.871 bits per heavy atom. The molecule has 7 unspecified atom stereocenters. The van der Waals surface area contributed by atoms with E-state index in [1.807, 2.05) is 51.7 Å². The van der Waals surface area contributed by atoms with Crippen LogP contribution in [0.2, 0.25) is 0 Å². The van der Waals surface area contributed by atoms with E-state index in [4.69, 9.17) is 15.3 Å². The molecule has 31 heavy (non-hydrogen) atoms. The molecule has 0 aliphatic carbocycles. The van der Waals surface area contributed by atoms with Gasteiger partial charge in [-0.2, -0.15) is 0 Å². The highest BCUT2D eigenvalue weighted by Gasteiger charge is 2.29. The third-order valence-corrected chi connectivity index (χ3v) is 3.10. The van der Waals surface area contributed by atoms with Gasteiger partial charge in [-0.05, 0) is 0 Å². The first kappa shape index (κ1) is 41.6. The van der Waals surface area contributed by atoms with E-state index >= 15 is 0 Å². The zero-order chi connectivity index (χ0) is 24.5. The van der Waals surface area contributed by atoms with Gasteiger partial charge in [0, 0.05) is 37.9 Å². The minimum Gasteiger partial charge on any atom is -0.388 e. The fraction of sp³-hybridized carbons (Fsp3) is 0.800. The number of ketones is 2. The lowest BCUT2D eigenvalue weighted by molar-refractivity contribution is -0.141. The molecule has 0 saturated carbocycles. The number of hydrogen-bond donors (Lipinski definition) is 5. The molecule has 5 N–H and O–H groups in total. The van der Waals surface area contributed by atoms with Crippen molar-refractivity contribution in [3.63, 3.8) is 0 Å². The summed E-state index contributed by atoms with van der Waals surface area (Å²) in [6.45, 7) is 3.04. The highest BCUT2D eigenvalue weighted by Crippen LogP contribution is 2.05. The van der Waals surface area contributed by atoms with Crippen molar-refractivity contribution in [2.45, 2.75) is 45.7 Å². The monoisotopic (exact) mass is 534 g/mol. The summed E-state index contributed by atoms with van der Waals surface area (Å²) in [4.78, 5) is 30.6. The van der Waals surface area contributed by atoms with Crippen LogP contribution in [-0.4, -0.2) is 101 Å². The summed E-state index contributed by atoms with van der Waals surface area (Å²) in [6.07, 6.45) is -5.13. The summed E-state index contributed by atoms with van der Waals surface area (Å²) in [5, 5.41) is 44.0. The second-order valence-electron chi connectivity index (χ2n) is 4.66. The Balaban J connectivity index is -0.000000113. The molecule has 8 atom stereocenters. The van der Waals surface area contributed by atoms with Crippen LogP contribution in [0.15, 0.2) is 0 Å². The van der Waals surface area contributed by atoms with Crippen LogP contribution in [0.25, 0.3) is 0 Å². The van der Waals surface area contributed by atoms with E-state index in [9.17, 15) is 24.6 Å². The average Bonchev–Trinajstić information content (AvgIpc) is 2.75. The molecule has 12 nitrogen and oxygen atoms in total. The highest BCUT2D eigenvalue weighted by molar-refractivity contribution is 7.10. The summed E-state index contributed by atoms with van der Waals surface area (Å²) in [5.74, 6) is -1.02. The van der Waals surface area contributed by atoms with Crippen LogP contribution in [0.5, 0.6) is 0 Å². The third kappa shape index (κ3) is 30.4. The lowest BCUT2D eigenvalue weighted by Gasteiger charge is -2.20. The van der Waals surface area contributed by atoms with E-state index in [0.29, 0.717) is 6.29 Å². The molecule has 0 rings (SSSR count). The van der Waals surface area contributed by atoms with Crippen LogP contribution in [0, 0.1) is 0 Å². The lowest BCUT2D eigenvalue weighted by atomic mass is 10.1. The van der Waals surface area contributed by atoms with Crippen molar-refractivity contribution in [3.8, 4) is 0 Å². The maximum Gasteiger partial charge on any atom is 0.189 e. The summed E-state index contributed by atoms with van der Waals surface area (Å²) < 4.78 is 17.5. The molecule has 0 radical (unpaired) electrons. The van der Waals surface area contributed by atoms with Gasteiger partial charge in [0.15, 0.2) is 17.9 Å². The average molecular weight is 534 g/mol. The van der Waals surface area contributed by atoms with Gasteiger partial charge < -0.3 is 48.4 Å². The first-order valence-electron chi connectivity index (χ1n) is 8.26. The zero-order valence-electron chi connectivity index (χ0n) is 16.8. The third-order valence-electron chi connectivity index (χ3n) is 2.38. The van der Waals surface area contributed by atoms with Crippen molar-refractivity contribution >= 4 is 55.7 Å². The number of aldehydes is 1. The van der Waals surface area contributed by atoms with Crippen molar-refractivity contribution in [1.29, 1.82) is 0 Å². The topological polar surface area (TPSA) is 189 Å². The number of aliphatic hydroxyl groups is 5. The van der Waals surface area contributed by atoms with Gasteiger partial charge in [0.1, 0.15) is 44.2 Å². The number of carbonyl (C=O) groups excluding carboxylic acids is 3. The van der Waals surface area contributed by atoms with Crippen molar-refractivity contribution in [3.05, 3.63) is 0 Å². The van der Waals surface area contributed by atoms with Crippen molar-refractivity contribution in [2.75, 3.05) is 33.0 Å². The zero-order valence-corrected chi connectivity index (χ0v) is 21.4. The molecular formula is C15H38O12P4. The molecule has 0 aliphatic rings. The Morgan fingerprint density at radius 2 is 1.32 bits per heavy atom. The molecule has 0 spiro atoms. The molecule has 0 aliphatic heterocycles. The van der Waals surface area contributed by atoms with Gasteiger partial charge in [0.2, 0.25) is 0 Å². The number of aliphatic hydroxyl groups excluding tert-OH is 5. The molecule has 0 aromatic rings. The van der Waals surface area contributed by atoms with Gasteiger partial charge in [0.05, 0.1) is 13.2 Å². The highest BCUT2D eigenvalue weighted by atomic mass is 31.0. The molecular weight excluding hydrogens is 496 g/mol. The van der Waals surface area contributed by atoms with Gasteiger partial charge in [-0.25, -0.2) is 0 Å². The van der Waals surface area contributed by atoms with Crippen molar-refractivity contribution in [1.82, 2.24) is 0 Å². The number of hydrogen-bond acceptors (Lipinski definition) is 12. The number of Topliss-reactive ketones (excluding diaryl/α,β-unsaturated/α-hetero) is 2. The molecule has 190 valence electrons. The van der Waals surface area contributed by atoms with Gasteiger partial charge >= 0.3 is 0 Å². The van der Waals surface area contributed by atoms with Crippen LogP contribution in [0.3, 0.4) is 0 Å².